The summed E-state index contributed by atoms with van der Waals surface area (Å²) in [7, 11) is 0. The molecule has 2 aromatic heterocycles. The van der Waals surface area contributed by atoms with Crippen molar-refractivity contribution in [3.63, 3.8) is 0 Å². The Morgan fingerprint density at radius 2 is 2.19 bits per heavy atom. The van der Waals surface area contributed by atoms with Crippen molar-refractivity contribution in [2.45, 2.75) is 23.8 Å². The maximum absolute atomic E-state index is 11.7. The van der Waals surface area contributed by atoms with Crippen LogP contribution in [0.25, 0.3) is 16.6 Å². The number of aromatic nitrogens is 4. The number of nitrogens with zero attached hydrogens (tertiary/aromatic N) is 4. The molecule has 3 aromatic rings. The van der Waals surface area contributed by atoms with E-state index in [4.69, 9.17) is 4.74 Å². The molecule has 1 aliphatic rings. The molecule has 0 saturated carbocycles. The number of fused-ring (bicyclic) bond motifs is 3. The summed E-state index contributed by atoms with van der Waals surface area (Å²) in [6.07, 6.45) is 0.702. The lowest BCUT2D eigenvalue weighted by Gasteiger charge is -2.08. The molecule has 0 bridgehead atoms. The number of aryl methyl sites for hydroxylation is 1. The van der Waals surface area contributed by atoms with Crippen LogP contribution in [0.3, 0.4) is 0 Å². The molecule has 21 heavy (non-hydrogen) atoms. The van der Waals surface area contributed by atoms with Gasteiger partial charge in [-0.25, -0.2) is 9.97 Å². The first kappa shape index (κ1) is 12.6. The van der Waals surface area contributed by atoms with E-state index < -0.39 is 0 Å². The summed E-state index contributed by atoms with van der Waals surface area (Å²) >= 11 is 1.39. The topological polar surface area (TPSA) is 69.4 Å². The highest BCUT2D eigenvalue weighted by molar-refractivity contribution is 8.00. The van der Waals surface area contributed by atoms with Crippen LogP contribution in [0.5, 0.6) is 0 Å². The minimum atomic E-state index is -0.216. The van der Waals surface area contributed by atoms with Crippen LogP contribution >= 0.6 is 11.8 Å². The predicted molar refractivity (Wildman–Crippen MR) is 78.2 cm³/mol. The standard InChI is InChI=1S/C14H12N4O2S/c1-8-15-12-9-4-2-3-5-10(9)16-14(18(12)17-8)21-11-6-7-20-13(11)19/h2-5,11H,6-7H2,1H3/t11-/m1/s1. The first-order valence-electron chi connectivity index (χ1n) is 6.68. The number of hydrogen-bond donors (Lipinski definition) is 0. The molecule has 4 rings (SSSR count). The van der Waals surface area contributed by atoms with Gasteiger partial charge in [0, 0.05) is 11.8 Å². The molecular formula is C14H12N4O2S. The molecule has 0 spiro atoms. The number of cyclic esters (lactones) is 1. The normalized spacial score (nSPS) is 18.5. The molecule has 1 atom stereocenters. The molecule has 1 aliphatic heterocycles. The van der Waals surface area contributed by atoms with E-state index in [0.29, 0.717) is 24.0 Å². The second-order valence-corrected chi connectivity index (χ2v) is 6.04. The van der Waals surface area contributed by atoms with Crippen LogP contribution < -0.4 is 0 Å². The van der Waals surface area contributed by atoms with E-state index in [9.17, 15) is 4.79 Å². The van der Waals surface area contributed by atoms with Gasteiger partial charge >= 0.3 is 5.97 Å². The lowest BCUT2D eigenvalue weighted by molar-refractivity contribution is -0.137. The minimum Gasteiger partial charge on any atom is -0.465 e. The maximum atomic E-state index is 11.7. The molecule has 6 nitrogen and oxygen atoms in total. The number of thioether (sulfide) groups is 1. The van der Waals surface area contributed by atoms with Crippen molar-refractivity contribution in [2.24, 2.45) is 0 Å². The summed E-state index contributed by atoms with van der Waals surface area (Å²) < 4.78 is 6.73. The zero-order chi connectivity index (χ0) is 14.4. The van der Waals surface area contributed by atoms with Crippen molar-refractivity contribution in [3.8, 4) is 0 Å². The summed E-state index contributed by atoms with van der Waals surface area (Å²) in [5.41, 5.74) is 1.62. The van der Waals surface area contributed by atoms with E-state index >= 15 is 0 Å². The Kier molecular flexibility index (Phi) is 2.81. The molecule has 0 N–H and O–H groups in total. The van der Waals surface area contributed by atoms with Crippen LogP contribution in [-0.2, 0) is 9.53 Å². The fourth-order valence-corrected chi connectivity index (χ4v) is 3.43. The minimum absolute atomic E-state index is 0.181. The van der Waals surface area contributed by atoms with Gasteiger partial charge in [-0.05, 0) is 19.1 Å². The monoisotopic (exact) mass is 300 g/mol. The van der Waals surface area contributed by atoms with E-state index in [2.05, 4.69) is 15.1 Å². The molecule has 0 amide bonds. The molecule has 1 fully saturated rings. The molecule has 0 radical (unpaired) electrons. The summed E-state index contributed by atoms with van der Waals surface area (Å²) in [6.45, 7) is 2.32. The highest BCUT2D eigenvalue weighted by Crippen LogP contribution is 2.30. The van der Waals surface area contributed by atoms with Gasteiger partial charge < -0.3 is 4.74 Å². The molecule has 1 saturated heterocycles. The SMILES string of the molecule is Cc1nc2c3ccccc3nc(S[C@@H]3CCOC3=O)n2n1. The number of carbonyl (C=O) groups excluding carboxylic acids is 1. The number of carbonyl (C=O) groups is 1. The third kappa shape index (κ3) is 2.04. The Morgan fingerprint density at radius 1 is 1.33 bits per heavy atom. The maximum Gasteiger partial charge on any atom is 0.319 e. The van der Waals surface area contributed by atoms with Crippen LogP contribution in [0.1, 0.15) is 12.2 Å². The summed E-state index contributed by atoms with van der Waals surface area (Å²) in [6, 6.07) is 7.81. The second kappa shape index (κ2) is 4.70. The average Bonchev–Trinajstić information content (AvgIpc) is 3.05. The van der Waals surface area contributed by atoms with E-state index in [0.717, 1.165) is 16.6 Å². The van der Waals surface area contributed by atoms with Gasteiger partial charge in [-0.2, -0.15) is 4.52 Å². The van der Waals surface area contributed by atoms with Gasteiger partial charge in [-0.1, -0.05) is 23.9 Å². The fourth-order valence-electron chi connectivity index (χ4n) is 2.42. The zero-order valence-corrected chi connectivity index (χ0v) is 12.1. The summed E-state index contributed by atoms with van der Waals surface area (Å²) in [5, 5.41) is 5.81. The van der Waals surface area contributed by atoms with Crippen molar-refractivity contribution in [2.75, 3.05) is 6.61 Å². The Bertz CT molecular complexity index is 861. The van der Waals surface area contributed by atoms with Crippen LogP contribution in [0.15, 0.2) is 29.4 Å². The van der Waals surface area contributed by atoms with Crippen molar-refractivity contribution in [1.82, 2.24) is 19.6 Å². The lowest BCUT2D eigenvalue weighted by atomic mass is 10.2. The fraction of sp³-hybridized carbons (Fsp3) is 0.286. The molecule has 0 aliphatic carbocycles. The number of benzene rings is 1. The highest BCUT2D eigenvalue weighted by Gasteiger charge is 2.29. The summed E-state index contributed by atoms with van der Waals surface area (Å²) in [5.74, 6) is 0.504. The summed E-state index contributed by atoms with van der Waals surface area (Å²) in [4.78, 5) is 20.8. The van der Waals surface area contributed by atoms with Crippen molar-refractivity contribution >= 4 is 34.3 Å². The average molecular weight is 300 g/mol. The third-order valence-corrected chi connectivity index (χ3v) is 4.58. The van der Waals surface area contributed by atoms with E-state index in [1.54, 1.807) is 4.52 Å². The first-order valence-corrected chi connectivity index (χ1v) is 7.56. The Hall–Kier alpha value is -2.15. The molecule has 0 unspecified atom stereocenters. The Balaban J connectivity index is 1.91. The molecular weight excluding hydrogens is 288 g/mol. The highest BCUT2D eigenvalue weighted by atomic mass is 32.2. The van der Waals surface area contributed by atoms with Crippen molar-refractivity contribution < 1.29 is 9.53 Å². The van der Waals surface area contributed by atoms with Gasteiger partial charge in [-0.3, -0.25) is 4.79 Å². The molecule has 7 heteroatoms. The van der Waals surface area contributed by atoms with Gasteiger partial charge in [0.05, 0.1) is 12.1 Å². The predicted octanol–water partition coefficient (Wildman–Crippen LogP) is 1.99. The van der Waals surface area contributed by atoms with Crippen molar-refractivity contribution in [1.29, 1.82) is 0 Å². The van der Waals surface area contributed by atoms with Gasteiger partial charge in [0.2, 0.25) is 0 Å². The Morgan fingerprint density at radius 3 is 3.00 bits per heavy atom. The Labute approximate surface area is 124 Å². The first-order chi connectivity index (χ1) is 10.2. The van der Waals surface area contributed by atoms with Gasteiger partial charge in [0.1, 0.15) is 11.1 Å². The molecule has 1 aromatic carbocycles. The van der Waals surface area contributed by atoms with Crippen LogP contribution in [0, 0.1) is 6.92 Å². The van der Waals surface area contributed by atoms with Gasteiger partial charge in [0.15, 0.2) is 10.8 Å². The number of hydrogen-bond acceptors (Lipinski definition) is 6. The van der Waals surface area contributed by atoms with Crippen LogP contribution in [0.4, 0.5) is 0 Å². The number of esters is 1. The van der Waals surface area contributed by atoms with Gasteiger partial charge in [0.25, 0.3) is 0 Å². The van der Waals surface area contributed by atoms with E-state index in [1.807, 2.05) is 31.2 Å². The van der Waals surface area contributed by atoms with E-state index in [-0.39, 0.29) is 11.2 Å². The van der Waals surface area contributed by atoms with Crippen molar-refractivity contribution in [3.05, 3.63) is 30.1 Å². The van der Waals surface area contributed by atoms with E-state index in [1.165, 1.54) is 11.8 Å². The quantitative estimate of drug-likeness (QED) is 0.532. The number of rotatable bonds is 2. The molecule has 3 heterocycles. The number of ether oxygens (including phenoxy) is 1. The third-order valence-electron chi connectivity index (χ3n) is 3.39. The lowest BCUT2D eigenvalue weighted by Crippen LogP contribution is -2.11. The van der Waals surface area contributed by atoms with Crippen LogP contribution in [-0.4, -0.2) is 37.4 Å². The largest absolute Gasteiger partial charge is 0.465 e. The number of para-hydroxylation sites is 1. The molecule has 106 valence electrons. The zero-order valence-electron chi connectivity index (χ0n) is 11.3. The second-order valence-electron chi connectivity index (χ2n) is 4.87. The smallest absolute Gasteiger partial charge is 0.319 e. The van der Waals surface area contributed by atoms with Crippen LogP contribution in [0.2, 0.25) is 0 Å². The van der Waals surface area contributed by atoms with Gasteiger partial charge in [-0.15, -0.1) is 5.10 Å².